The van der Waals surface area contributed by atoms with Crippen molar-refractivity contribution in [2.75, 3.05) is 6.54 Å². The Kier molecular flexibility index (Phi) is 12.2. The van der Waals surface area contributed by atoms with Gasteiger partial charge in [-0.05, 0) is 104 Å². The lowest BCUT2D eigenvalue weighted by molar-refractivity contribution is -0.278. The lowest BCUT2D eigenvalue weighted by Gasteiger charge is -2.51. The molecule has 308 valence electrons. The van der Waals surface area contributed by atoms with E-state index in [1.54, 1.807) is 0 Å². The number of rotatable bonds is 10. The molecule has 2 aliphatic heterocycles. The Morgan fingerprint density at radius 2 is 1.56 bits per heavy atom. The van der Waals surface area contributed by atoms with Crippen molar-refractivity contribution in [2.24, 2.45) is 11.8 Å². The normalized spacial score (nSPS) is 24.9. The second-order valence-corrected chi connectivity index (χ2v) is 17.7. The lowest BCUT2D eigenvalue weighted by atomic mass is 9.75. The van der Waals surface area contributed by atoms with Gasteiger partial charge >= 0.3 is 0 Å². The van der Waals surface area contributed by atoms with Gasteiger partial charge < -0.3 is 25.2 Å². The second-order valence-electron chi connectivity index (χ2n) is 17.7. The number of ether oxygens (including phenoxy) is 2. The third-order valence-corrected chi connectivity index (χ3v) is 12.4. The zero-order valence-corrected chi connectivity index (χ0v) is 34.6. The van der Waals surface area contributed by atoms with Crippen LogP contribution in [0.15, 0.2) is 103 Å². The molecule has 8 rings (SSSR count). The molecule has 0 spiro atoms. The predicted molar refractivity (Wildman–Crippen MR) is 229 cm³/mol. The van der Waals surface area contributed by atoms with Crippen molar-refractivity contribution >= 4 is 22.8 Å². The van der Waals surface area contributed by atoms with E-state index in [0.29, 0.717) is 30.6 Å². The minimum atomic E-state index is -0.655. The average Bonchev–Trinajstić information content (AvgIpc) is 3.25. The Labute approximate surface area is 347 Å². The summed E-state index contributed by atoms with van der Waals surface area (Å²) < 4.78 is 14.0. The number of likely N-dealkylation sites (tertiary alicyclic amines) is 1. The first kappa shape index (κ1) is 40.8. The van der Waals surface area contributed by atoms with Gasteiger partial charge in [0.2, 0.25) is 5.91 Å². The fourth-order valence-corrected chi connectivity index (χ4v) is 9.33. The minimum Gasteiger partial charge on any atom is -0.392 e. The van der Waals surface area contributed by atoms with Gasteiger partial charge in [-0.15, -0.1) is 0 Å². The number of benzene rings is 4. The van der Waals surface area contributed by atoms with E-state index >= 15 is 0 Å². The first-order chi connectivity index (χ1) is 28.5. The molecule has 3 fully saturated rings. The number of nitrogens with zero attached hydrogens (tertiary/aromatic N) is 3. The van der Waals surface area contributed by atoms with Crippen LogP contribution in [0.1, 0.15) is 111 Å². The van der Waals surface area contributed by atoms with Crippen LogP contribution in [-0.2, 0) is 27.4 Å². The Balaban J connectivity index is 1.05. The molecule has 10 nitrogen and oxygen atoms in total. The molecule has 3 aliphatic rings. The molecule has 3 N–H and O–H groups in total. The van der Waals surface area contributed by atoms with Gasteiger partial charge in [-0.2, -0.15) is 0 Å². The van der Waals surface area contributed by atoms with E-state index in [1.807, 2.05) is 75.4 Å². The van der Waals surface area contributed by atoms with Gasteiger partial charge in [-0.3, -0.25) is 19.5 Å². The largest absolute Gasteiger partial charge is 0.392 e. The number of piperidine rings is 1. The molecule has 2 saturated heterocycles. The molecule has 10 heteroatoms. The third-order valence-electron chi connectivity index (χ3n) is 12.4. The highest BCUT2D eigenvalue weighted by Gasteiger charge is 2.46. The summed E-state index contributed by atoms with van der Waals surface area (Å²) in [5, 5.41) is 16.1. The van der Waals surface area contributed by atoms with E-state index < -0.39 is 6.29 Å². The molecular formula is C49H57N5O5. The fraction of sp³-hybridized carbons (Fsp3) is 0.429. The van der Waals surface area contributed by atoms with Crippen LogP contribution in [0.2, 0.25) is 0 Å². The van der Waals surface area contributed by atoms with E-state index in [4.69, 9.17) is 9.47 Å². The maximum atomic E-state index is 14.0. The number of para-hydroxylation sites is 2. The Hall–Kier alpha value is -5.00. The molecule has 1 saturated carbocycles. The van der Waals surface area contributed by atoms with Crippen molar-refractivity contribution in [3.05, 3.63) is 131 Å². The number of carbonyl (C=O) groups is 2. The van der Waals surface area contributed by atoms with E-state index in [0.717, 1.165) is 58.2 Å². The average molecular weight is 796 g/mol. The molecule has 1 aliphatic carbocycles. The summed E-state index contributed by atoms with van der Waals surface area (Å²) in [7, 11) is 0. The van der Waals surface area contributed by atoms with Crippen LogP contribution in [0.3, 0.4) is 0 Å². The second kappa shape index (κ2) is 17.7. The van der Waals surface area contributed by atoms with Crippen LogP contribution in [0, 0.1) is 11.8 Å². The highest BCUT2D eigenvalue weighted by Crippen LogP contribution is 2.45. The van der Waals surface area contributed by atoms with Crippen LogP contribution in [0.5, 0.6) is 0 Å². The van der Waals surface area contributed by atoms with Crippen molar-refractivity contribution in [3.8, 4) is 11.1 Å². The van der Waals surface area contributed by atoms with Gasteiger partial charge in [0.25, 0.3) is 5.91 Å². The number of fused-ring (bicyclic) bond motifs is 2. The molecule has 59 heavy (non-hydrogen) atoms. The number of aliphatic hydroxyl groups excluding tert-OH is 1. The number of nitrogens with one attached hydrogen (secondary N) is 2. The van der Waals surface area contributed by atoms with Crippen molar-refractivity contribution < 1.29 is 24.2 Å². The topological polar surface area (TPSA) is 126 Å². The maximum absolute atomic E-state index is 14.0. The van der Waals surface area contributed by atoms with Gasteiger partial charge in [0.05, 0.1) is 42.1 Å². The molecule has 5 aromatic rings. The lowest BCUT2D eigenvalue weighted by Crippen LogP contribution is -2.61. The number of carbonyl (C=O) groups excluding carboxylic acids is 2. The third kappa shape index (κ3) is 9.42. The van der Waals surface area contributed by atoms with Gasteiger partial charge in [0.1, 0.15) is 5.69 Å². The monoisotopic (exact) mass is 795 g/mol. The van der Waals surface area contributed by atoms with Crippen molar-refractivity contribution in [1.82, 2.24) is 25.5 Å². The minimum absolute atomic E-state index is 0.0165. The summed E-state index contributed by atoms with van der Waals surface area (Å²) in [6, 6.07) is 32.1. The summed E-state index contributed by atoms with van der Waals surface area (Å²) >= 11 is 0. The number of hydrogen-bond donors (Lipinski definition) is 3. The van der Waals surface area contributed by atoms with E-state index in [2.05, 4.69) is 74.9 Å². The molecule has 2 amide bonds. The molecule has 7 atom stereocenters. The van der Waals surface area contributed by atoms with Crippen LogP contribution >= 0.6 is 0 Å². The van der Waals surface area contributed by atoms with E-state index in [9.17, 15) is 14.7 Å². The number of hydrogen-bond acceptors (Lipinski definition) is 8. The zero-order chi connectivity index (χ0) is 41.1. The first-order valence-electron chi connectivity index (χ1n) is 21.3. The molecule has 0 bridgehead atoms. The SMILES string of the molecule is CC1C(CN2C(C(=O)NC(C)(C)C)CCC3CCCCC32)OC(c2cccc(-c3cccc(CNC(=O)c4cnc5ccccc5n4)c3)c2)OC1c1ccc(CO)cc1. The Morgan fingerprint density at radius 1 is 0.814 bits per heavy atom. The van der Waals surface area contributed by atoms with Crippen molar-refractivity contribution in [3.63, 3.8) is 0 Å². The molecule has 1 aromatic heterocycles. The Bertz CT molecular complexity index is 2260. The predicted octanol–water partition coefficient (Wildman–Crippen LogP) is 8.45. The number of amides is 2. The molecular weight excluding hydrogens is 739 g/mol. The van der Waals surface area contributed by atoms with Crippen LogP contribution in [0.4, 0.5) is 0 Å². The van der Waals surface area contributed by atoms with Gasteiger partial charge in [0.15, 0.2) is 6.29 Å². The zero-order valence-electron chi connectivity index (χ0n) is 34.6. The molecule has 3 heterocycles. The first-order valence-corrected chi connectivity index (χ1v) is 21.3. The summed E-state index contributed by atoms with van der Waals surface area (Å²) in [5.41, 5.74) is 7.12. The molecule has 4 aromatic carbocycles. The highest BCUT2D eigenvalue weighted by molar-refractivity contribution is 5.93. The standard InChI is InChI=1S/C49H57N5O5/c1-31-44(29-54-42-18-8-5-12-34(42)23-24-43(54)47(57)53-49(2,3)4)58-48(59-45(31)35-21-19-32(30-55)20-22-35)38-15-10-14-37(26-38)36-13-9-11-33(25-36)27-51-46(56)41-28-50-39-16-6-7-17-40(39)52-41/h6-7,9-11,13-17,19-22,25-26,28,31,34,42-45,48,55H,5,8,12,18,23-24,27,29-30H2,1-4H3,(H,51,56)(H,53,57). The van der Waals surface area contributed by atoms with Crippen LogP contribution in [0.25, 0.3) is 22.2 Å². The van der Waals surface area contributed by atoms with Crippen molar-refractivity contribution in [2.45, 2.75) is 115 Å². The Morgan fingerprint density at radius 3 is 2.34 bits per heavy atom. The number of aliphatic hydroxyl groups is 1. The summed E-state index contributed by atoms with van der Waals surface area (Å²) in [5.74, 6) is 0.391. The summed E-state index contributed by atoms with van der Waals surface area (Å²) in [6.07, 6.45) is 7.02. The quantitative estimate of drug-likeness (QED) is 0.129. The molecule has 7 unspecified atom stereocenters. The van der Waals surface area contributed by atoms with Crippen LogP contribution in [-0.4, -0.2) is 62.1 Å². The van der Waals surface area contributed by atoms with E-state index in [1.165, 1.54) is 25.5 Å². The van der Waals surface area contributed by atoms with Gasteiger partial charge in [0, 0.05) is 36.2 Å². The van der Waals surface area contributed by atoms with Gasteiger partial charge in [-0.1, -0.05) is 92.6 Å². The number of aromatic nitrogens is 2. The smallest absolute Gasteiger partial charge is 0.271 e. The van der Waals surface area contributed by atoms with E-state index in [-0.39, 0.29) is 53.8 Å². The van der Waals surface area contributed by atoms with Gasteiger partial charge in [-0.25, -0.2) is 4.98 Å². The molecule has 0 radical (unpaired) electrons. The fourth-order valence-electron chi connectivity index (χ4n) is 9.33. The highest BCUT2D eigenvalue weighted by atomic mass is 16.7. The van der Waals surface area contributed by atoms with Crippen molar-refractivity contribution in [1.29, 1.82) is 0 Å². The van der Waals surface area contributed by atoms with Crippen LogP contribution < -0.4 is 10.6 Å². The summed E-state index contributed by atoms with van der Waals surface area (Å²) in [4.78, 5) is 38.4. The maximum Gasteiger partial charge on any atom is 0.271 e. The summed E-state index contributed by atoms with van der Waals surface area (Å²) in [6.45, 7) is 9.29.